The number of hydrogen-bond acceptors (Lipinski definition) is 12. The summed E-state index contributed by atoms with van der Waals surface area (Å²) in [5, 5.41) is 19.1. The molecule has 21 heteroatoms. The van der Waals surface area contributed by atoms with Gasteiger partial charge in [-0.3, -0.25) is 9.09 Å². The van der Waals surface area contributed by atoms with Gasteiger partial charge in [-0.2, -0.15) is 13.6 Å². The molecule has 1 aliphatic heterocycles. The zero-order valence-electron chi connectivity index (χ0n) is 14.9. The van der Waals surface area contributed by atoms with E-state index in [1.54, 1.807) is 0 Å². The minimum atomic E-state index is -5.77. The van der Waals surface area contributed by atoms with E-state index in [1.807, 2.05) is 0 Å². The molecule has 0 saturated carbocycles. The van der Waals surface area contributed by atoms with Gasteiger partial charge in [0.1, 0.15) is 18.0 Å². The van der Waals surface area contributed by atoms with Crippen molar-refractivity contribution in [2.24, 2.45) is 0 Å². The number of nitrogen functional groups attached to an aromatic ring is 1. The third kappa shape index (κ3) is 6.94. The maximum atomic E-state index is 14.4. The summed E-state index contributed by atoms with van der Waals surface area (Å²) in [6, 6.07) is 0. The van der Waals surface area contributed by atoms with Crippen LogP contribution in [0, 0.1) is 0 Å². The van der Waals surface area contributed by atoms with Crippen LogP contribution >= 0.6 is 23.5 Å². The Morgan fingerprint density at radius 3 is 2.35 bits per heavy atom. The van der Waals surface area contributed by atoms with Gasteiger partial charge in [-0.05, 0) is 0 Å². The quantitative estimate of drug-likeness (QED) is 0.180. The van der Waals surface area contributed by atoms with Crippen molar-refractivity contribution in [1.82, 2.24) is 9.55 Å². The molecule has 0 bridgehead atoms. The van der Waals surface area contributed by atoms with Crippen molar-refractivity contribution in [3.63, 3.8) is 0 Å². The molecule has 1 saturated heterocycles. The Labute approximate surface area is 171 Å². The molecule has 1 aliphatic rings. The van der Waals surface area contributed by atoms with Gasteiger partial charge in [-0.1, -0.05) is 0 Å². The van der Waals surface area contributed by atoms with Gasteiger partial charge >= 0.3 is 29.2 Å². The third-order valence-corrected chi connectivity index (χ3v) is 7.42. The largest absolute Gasteiger partial charge is 0.490 e. The summed E-state index contributed by atoms with van der Waals surface area (Å²) in [4.78, 5) is 50.6. The molecule has 0 aliphatic carbocycles. The maximum Gasteiger partial charge on any atom is 0.490 e. The molecule has 1 fully saturated rings. The van der Waals surface area contributed by atoms with Gasteiger partial charge in [0.25, 0.3) is 0 Å². The number of hydrogen-bond donors (Lipinski definition) is 7. The molecule has 0 amide bonds. The van der Waals surface area contributed by atoms with E-state index < -0.39 is 67.0 Å². The van der Waals surface area contributed by atoms with Gasteiger partial charge < -0.3 is 40.3 Å². The lowest BCUT2D eigenvalue weighted by molar-refractivity contribution is -0.0483. The number of phosphoric ester groups is 1. The fourth-order valence-corrected chi connectivity index (χ4v) is 5.39. The van der Waals surface area contributed by atoms with Crippen LogP contribution in [0.25, 0.3) is 0 Å². The Hall–Kier alpha value is -1.10. The highest BCUT2D eigenvalue weighted by Crippen LogP contribution is 2.66. The van der Waals surface area contributed by atoms with Crippen LogP contribution in [0.1, 0.15) is 11.8 Å². The Balaban J connectivity index is 2.11. The minimum Gasteiger partial charge on any atom is -0.391 e. The molecular weight excluding hydrogens is 498 g/mol. The standard InChI is InChI=1S/C10H17FN3O14P3/c11-6-7(16)5(3-25-30(21,22)28-31(23,24)27-29(18,19)20)26-9(6)14-1-4(2-15)8(12)13-10(14)17/h1,5-7,9,15-16H,2-3H2,(H,21,22)(H,23,24)(H2,12,13,17)(H2,18,19,20)/t5-,6-,7-,9-/m1/s1. The van der Waals surface area contributed by atoms with Gasteiger partial charge in [-0.15, -0.1) is 0 Å². The zero-order chi connectivity index (χ0) is 23.8. The lowest BCUT2D eigenvalue weighted by atomic mass is 10.1. The lowest BCUT2D eigenvalue weighted by Gasteiger charge is -2.19. The van der Waals surface area contributed by atoms with E-state index in [9.17, 15) is 32.9 Å². The van der Waals surface area contributed by atoms with Crippen LogP contribution in [0.4, 0.5) is 10.2 Å². The molecular formula is C10H17FN3O14P3. The van der Waals surface area contributed by atoms with Gasteiger partial charge in [0.2, 0.25) is 0 Å². The highest BCUT2D eigenvalue weighted by atomic mass is 31.3. The maximum absolute atomic E-state index is 14.4. The van der Waals surface area contributed by atoms with E-state index >= 15 is 0 Å². The van der Waals surface area contributed by atoms with Crippen LogP contribution in [0.5, 0.6) is 0 Å². The van der Waals surface area contributed by atoms with Crippen molar-refractivity contribution < 1.29 is 65.8 Å². The molecule has 1 aromatic rings. The third-order valence-electron chi connectivity index (χ3n) is 3.62. The first-order valence-electron chi connectivity index (χ1n) is 7.79. The van der Waals surface area contributed by atoms with Crippen LogP contribution in [-0.4, -0.2) is 64.3 Å². The Bertz CT molecular complexity index is 1010. The number of nitrogens with zero attached hydrogens (tertiary/aromatic N) is 2. The molecule has 17 nitrogen and oxygen atoms in total. The summed E-state index contributed by atoms with van der Waals surface area (Å²) in [5.74, 6) is -0.332. The average molecular weight is 515 g/mol. The SMILES string of the molecule is Nc1nc(=O)n([C@@H]2O[C@H](COP(=O)(O)OP(=O)(O)OP(=O)(O)O)[C@@H](O)[C@H]2F)cc1CO. The van der Waals surface area contributed by atoms with Crippen LogP contribution in [-0.2, 0) is 38.2 Å². The van der Waals surface area contributed by atoms with E-state index in [2.05, 4.69) is 18.1 Å². The summed E-state index contributed by atoms with van der Waals surface area (Å²) in [5.41, 5.74) is 4.23. The van der Waals surface area contributed by atoms with Crippen LogP contribution < -0.4 is 11.4 Å². The number of rotatable bonds is 9. The second kappa shape index (κ2) is 9.41. The molecule has 2 unspecified atom stereocenters. The number of halogens is 1. The molecule has 6 atom stereocenters. The number of anilines is 1. The molecule has 0 aromatic carbocycles. The molecule has 178 valence electrons. The van der Waals surface area contributed by atoms with E-state index in [1.165, 1.54) is 0 Å². The topological polar surface area (TPSA) is 270 Å². The number of aliphatic hydroxyl groups is 2. The van der Waals surface area contributed by atoms with Crippen molar-refractivity contribution in [3.05, 3.63) is 22.2 Å². The number of phosphoric acid groups is 3. The highest BCUT2D eigenvalue weighted by Gasteiger charge is 2.48. The first kappa shape index (κ1) is 26.2. The average Bonchev–Trinajstić information content (AvgIpc) is 2.85. The monoisotopic (exact) mass is 515 g/mol. The Morgan fingerprint density at radius 2 is 1.81 bits per heavy atom. The first-order valence-corrected chi connectivity index (χ1v) is 12.3. The summed E-state index contributed by atoms with van der Waals surface area (Å²) in [6.07, 6.45) is -6.98. The Kier molecular flexibility index (Phi) is 7.94. The minimum absolute atomic E-state index is 0.0680. The smallest absolute Gasteiger partial charge is 0.391 e. The molecule has 1 aromatic heterocycles. The van der Waals surface area contributed by atoms with Crippen LogP contribution in [0.15, 0.2) is 11.0 Å². The number of alkyl halides is 1. The summed E-state index contributed by atoms with van der Waals surface area (Å²) >= 11 is 0. The molecule has 0 radical (unpaired) electrons. The van der Waals surface area contributed by atoms with E-state index in [0.29, 0.717) is 4.57 Å². The lowest BCUT2D eigenvalue weighted by Crippen LogP contribution is -2.34. The summed E-state index contributed by atoms with van der Waals surface area (Å²) in [7, 11) is -16.9. The fourth-order valence-electron chi connectivity index (χ4n) is 2.36. The highest BCUT2D eigenvalue weighted by molar-refractivity contribution is 7.66. The molecule has 8 N–H and O–H groups in total. The molecule has 2 heterocycles. The van der Waals surface area contributed by atoms with Gasteiger partial charge in [0.05, 0.1) is 13.2 Å². The van der Waals surface area contributed by atoms with E-state index in [-0.39, 0.29) is 11.4 Å². The molecule has 0 spiro atoms. The van der Waals surface area contributed by atoms with Crippen molar-refractivity contribution >= 4 is 29.3 Å². The van der Waals surface area contributed by atoms with Gasteiger partial charge in [-0.25, -0.2) is 22.9 Å². The van der Waals surface area contributed by atoms with Crippen LogP contribution in [0.2, 0.25) is 0 Å². The van der Waals surface area contributed by atoms with E-state index in [4.69, 9.17) is 30.3 Å². The van der Waals surface area contributed by atoms with Crippen molar-refractivity contribution in [2.75, 3.05) is 12.3 Å². The zero-order valence-corrected chi connectivity index (χ0v) is 17.6. The summed E-state index contributed by atoms with van der Waals surface area (Å²) in [6.45, 7) is -1.81. The normalized spacial score (nSPS) is 28.2. The second-order valence-corrected chi connectivity index (χ2v) is 10.3. The van der Waals surface area contributed by atoms with Crippen molar-refractivity contribution in [1.29, 1.82) is 0 Å². The number of aromatic nitrogens is 2. The van der Waals surface area contributed by atoms with Gasteiger partial charge in [0.15, 0.2) is 12.4 Å². The van der Waals surface area contributed by atoms with Crippen molar-refractivity contribution in [2.45, 2.75) is 31.2 Å². The predicted octanol–water partition coefficient (Wildman–Crippen LogP) is -1.74. The second-order valence-electron chi connectivity index (χ2n) is 5.89. The predicted molar refractivity (Wildman–Crippen MR) is 93.5 cm³/mol. The summed E-state index contributed by atoms with van der Waals surface area (Å²) < 4.78 is 64.9. The van der Waals surface area contributed by atoms with E-state index in [0.717, 1.165) is 6.20 Å². The number of aliphatic hydroxyl groups excluding tert-OH is 2. The number of nitrogens with two attached hydrogens (primary N) is 1. The van der Waals surface area contributed by atoms with Gasteiger partial charge in [0, 0.05) is 11.8 Å². The fraction of sp³-hybridized carbons (Fsp3) is 0.600. The van der Waals surface area contributed by atoms with Crippen molar-refractivity contribution in [3.8, 4) is 0 Å². The number of ether oxygens (including phenoxy) is 1. The first-order chi connectivity index (χ1) is 14.1. The van der Waals surface area contributed by atoms with Crippen LogP contribution in [0.3, 0.4) is 0 Å². The molecule has 2 rings (SSSR count). The molecule has 31 heavy (non-hydrogen) atoms. The Morgan fingerprint density at radius 1 is 1.19 bits per heavy atom.